The maximum atomic E-state index is 13.2. The molecule has 3 heterocycles. The lowest BCUT2D eigenvalue weighted by molar-refractivity contribution is -0.0196. The SMILES string of the molecule is Cc1nc2cc(C(=O)N3CC[C@H](N4CCOCC4)[C@H](CCCO)C3)ccc2s1. The van der Waals surface area contributed by atoms with E-state index in [2.05, 4.69) is 9.88 Å². The van der Waals surface area contributed by atoms with Crippen molar-refractivity contribution >= 4 is 27.5 Å². The summed E-state index contributed by atoms with van der Waals surface area (Å²) in [6.45, 7) is 7.26. The van der Waals surface area contributed by atoms with Gasteiger partial charge < -0.3 is 14.7 Å². The van der Waals surface area contributed by atoms with Crippen LogP contribution < -0.4 is 0 Å². The van der Waals surface area contributed by atoms with Crippen LogP contribution in [-0.2, 0) is 4.74 Å². The maximum absolute atomic E-state index is 13.2. The number of benzene rings is 1. The molecule has 152 valence electrons. The standard InChI is InChI=1S/C21H29N3O3S/c1-15-22-18-13-16(4-5-20(18)28-15)21(26)24-7-6-19(17(14-24)3-2-10-25)23-8-11-27-12-9-23/h4-5,13,17,19,25H,2-3,6-12,14H2,1H3/t17-,19+/m1/s1. The van der Waals surface area contributed by atoms with E-state index in [4.69, 9.17) is 4.74 Å². The normalized spacial score (nSPS) is 24.0. The molecule has 1 N–H and O–H groups in total. The first-order valence-corrected chi connectivity index (χ1v) is 11.1. The summed E-state index contributed by atoms with van der Waals surface area (Å²) in [6, 6.07) is 6.34. The number of hydrogen-bond acceptors (Lipinski definition) is 6. The van der Waals surface area contributed by atoms with Crippen molar-refractivity contribution in [2.24, 2.45) is 5.92 Å². The van der Waals surface area contributed by atoms with Crippen LogP contribution in [-0.4, -0.2) is 77.8 Å². The highest BCUT2D eigenvalue weighted by Crippen LogP contribution is 2.29. The first-order valence-electron chi connectivity index (χ1n) is 10.2. The van der Waals surface area contributed by atoms with Gasteiger partial charge in [0, 0.05) is 44.4 Å². The van der Waals surface area contributed by atoms with E-state index in [-0.39, 0.29) is 12.5 Å². The van der Waals surface area contributed by atoms with E-state index in [1.807, 2.05) is 30.0 Å². The van der Waals surface area contributed by atoms with E-state index < -0.39 is 0 Å². The van der Waals surface area contributed by atoms with Crippen LogP contribution in [0.25, 0.3) is 10.2 Å². The summed E-state index contributed by atoms with van der Waals surface area (Å²) in [5.74, 6) is 0.496. The topological polar surface area (TPSA) is 65.9 Å². The second kappa shape index (κ2) is 8.86. The van der Waals surface area contributed by atoms with Crippen LogP contribution in [0.2, 0.25) is 0 Å². The van der Waals surface area contributed by atoms with Crippen molar-refractivity contribution in [3.05, 3.63) is 28.8 Å². The number of morpholine rings is 1. The molecule has 0 bridgehead atoms. The summed E-state index contributed by atoms with van der Waals surface area (Å²) in [5, 5.41) is 10.4. The van der Waals surface area contributed by atoms with Crippen molar-refractivity contribution in [3.8, 4) is 0 Å². The van der Waals surface area contributed by atoms with Gasteiger partial charge in [0.2, 0.25) is 0 Å². The van der Waals surface area contributed by atoms with Gasteiger partial charge in [-0.25, -0.2) is 4.98 Å². The van der Waals surface area contributed by atoms with Gasteiger partial charge in [0.05, 0.1) is 28.4 Å². The Morgan fingerprint density at radius 3 is 2.93 bits per heavy atom. The van der Waals surface area contributed by atoms with Crippen molar-refractivity contribution < 1.29 is 14.6 Å². The summed E-state index contributed by atoms with van der Waals surface area (Å²) in [5.41, 5.74) is 1.64. The average molecular weight is 404 g/mol. The molecule has 0 aliphatic carbocycles. The smallest absolute Gasteiger partial charge is 0.253 e. The first kappa shape index (κ1) is 19.8. The number of nitrogens with zero attached hydrogens (tertiary/aromatic N) is 3. The van der Waals surface area contributed by atoms with Crippen molar-refractivity contribution in [1.82, 2.24) is 14.8 Å². The third-order valence-electron chi connectivity index (χ3n) is 5.97. The van der Waals surface area contributed by atoms with Crippen molar-refractivity contribution in [2.75, 3.05) is 46.0 Å². The minimum Gasteiger partial charge on any atom is -0.396 e. The molecule has 2 fully saturated rings. The van der Waals surface area contributed by atoms with Crippen LogP contribution >= 0.6 is 11.3 Å². The highest BCUT2D eigenvalue weighted by atomic mass is 32.1. The minimum absolute atomic E-state index is 0.0991. The second-order valence-electron chi connectivity index (χ2n) is 7.80. The number of fused-ring (bicyclic) bond motifs is 1. The molecule has 0 radical (unpaired) electrons. The number of aryl methyl sites for hydroxylation is 1. The largest absolute Gasteiger partial charge is 0.396 e. The van der Waals surface area contributed by atoms with E-state index in [1.165, 1.54) is 0 Å². The summed E-state index contributed by atoms with van der Waals surface area (Å²) in [4.78, 5) is 22.2. The zero-order valence-electron chi connectivity index (χ0n) is 16.5. The number of likely N-dealkylation sites (tertiary alicyclic amines) is 1. The molecule has 2 aliphatic heterocycles. The number of thiazole rings is 1. The predicted octanol–water partition coefficient (Wildman–Crippen LogP) is 2.54. The number of amides is 1. The van der Waals surface area contributed by atoms with Crippen LogP contribution in [0.3, 0.4) is 0 Å². The number of aliphatic hydroxyl groups is 1. The molecular weight excluding hydrogens is 374 g/mol. The number of ether oxygens (including phenoxy) is 1. The Morgan fingerprint density at radius 2 is 2.14 bits per heavy atom. The molecule has 1 amide bonds. The first-order chi connectivity index (χ1) is 13.7. The number of piperidine rings is 1. The molecule has 28 heavy (non-hydrogen) atoms. The van der Waals surface area contributed by atoms with E-state index in [0.717, 1.165) is 79.4 Å². The number of carbonyl (C=O) groups excluding carboxylic acids is 1. The highest BCUT2D eigenvalue weighted by molar-refractivity contribution is 7.18. The fourth-order valence-corrected chi connectivity index (χ4v) is 5.40. The Bertz CT molecular complexity index is 818. The van der Waals surface area contributed by atoms with Gasteiger partial charge >= 0.3 is 0 Å². The third kappa shape index (κ3) is 4.22. The second-order valence-corrected chi connectivity index (χ2v) is 9.03. The molecular formula is C21H29N3O3S. The Morgan fingerprint density at radius 1 is 1.32 bits per heavy atom. The lowest BCUT2D eigenvalue weighted by Crippen LogP contribution is -2.55. The summed E-state index contributed by atoms with van der Waals surface area (Å²) < 4.78 is 6.64. The third-order valence-corrected chi connectivity index (χ3v) is 6.92. The zero-order chi connectivity index (χ0) is 19.5. The molecule has 2 saturated heterocycles. The maximum Gasteiger partial charge on any atom is 0.253 e. The van der Waals surface area contributed by atoms with Crippen LogP contribution in [0.4, 0.5) is 0 Å². The monoisotopic (exact) mass is 403 g/mol. The number of aromatic nitrogens is 1. The van der Waals surface area contributed by atoms with Gasteiger partial charge in [-0.05, 0) is 50.3 Å². The number of carbonyl (C=O) groups is 1. The molecule has 0 spiro atoms. The molecule has 2 aromatic rings. The van der Waals surface area contributed by atoms with Crippen molar-refractivity contribution in [3.63, 3.8) is 0 Å². The van der Waals surface area contributed by atoms with Crippen LogP contribution in [0.15, 0.2) is 18.2 Å². The van der Waals surface area contributed by atoms with Gasteiger partial charge in [0.15, 0.2) is 0 Å². The van der Waals surface area contributed by atoms with Gasteiger partial charge in [-0.3, -0.25) is 9.69 Å². The van der Waals surface area contributed by atoms with Crippen LogP contribution in [0.1, 0.15) is 34.6 Å². The minimum atomic E-state index is 0.0991. The van der Waals surface area contributed by atoms with Gasteiger partial charge in [-0.1, -0.05) is 0 Å². The van der Waals surface area contributed by atoms with Crippen LogP contribution in [0, 0.1) is 12.8 Å². The molecule has 2 aliphatic rings. The summed E-state index contributed by atoms with van der Waals surface area (Å²) in [6.07, 6.45) is 2.73. The fourth-order valence-electron chi connectivity index (χ4n) is 4.59. The van der Waals surface area contributed by atoms with Gasteiger partial charge in [-0.15, -0.1) is 11.3 Å². The van der Waals surface area contributed by atoms with Crippen molar-refractivity contribution in [2.45, 2.75) is 32.2 Å². The lowest BCUT2D eigenvalue weighted by Gasteiger charge is -2.45. The Labute approximate surface area is 170 Å². The molecule has 0 unspecified atom stereocenters. The highest BCUT2D eigenvalue weighted by Gasteiger charge is 2.35. The lowest BCUT2D eigenvalue weighted by atomic mass is 9.86. The van der Waals surface area contributed by atoms with Crippen LogP contribution in [0.5, 0.6) is 0 Å². The van der Waals surface area contributed by atoms with E-state index >= 15 is 0 Å². The fraction of sp³-hybridized carbons (Fsp3) is 0.619. The van der Waals surface area contributed by atoms with Gasteiger partial charge in [-0.2, -0.15) is 0 Å². The molecule has 2 atom stereocenters. The Balaban J connectivity index is 1.48. The Hall–Kier alpha value is -1.54. The summed E-state index contributed by atoms with van der Waals surface area (Å²) >= 11 is 1.66. The van der Waals surface area contributed by atoms with E-state index in [0.29, 0.717) is 12.0 Å². The molecule has 6 nitrogen and oxygen atoms in total. The Kier molecular flexibility index (Phi) is 6.25. The summed E-state index contributed by atoms with van der Waals surface area (Å²) in [7, 11) is 0. The van der Waals surface area contributed by atoms with E-state index in [1.54, 1.807) is 11.3 Å². The zero-order valence-corrected chi connectivity index (χ0v) is 17.3. The molecule has 4 rings (SSSR count). The quantitative estimate of drug-likeness (QED) is 0.831. The molecule has 1 aromatic heterocycles. The van der Waals surface area contributed by atoms with Gasteiger partial charge in [0.1, 0.15) is 0 Å². The van der Waals surface area contributed by atoms with E-state index in [9.17, 15) is 9.90 Å². The van der Waals surface area contributed by atoms with Gasteiger partial charge in [0.25, 0.3) is 5.91 Å². The average Bonchev–Trinajstić information content (AvgIpc) is 3.11. The molecule has 1 aromatic carbocycles. The number of hydrogen-bond donors (Lipinski definition) is 1. The number of rotatable bonds is 5. The predicted molar refractivity (Wildman–Crippen MR) is 111 cm³/mol. The molecule has 7 heteroatoms. The number of aliphatic hydroxyl groups excluding tert-OH is 1. The molecule has 0 saturated carbocycles. The van der Waals surface area contributed by atoms with Crippen molar-refractivity contribution in [1.29, 1.82) is 0 Å².